The maximum atomic E-state index is 13.1. The second-order valence-corrected chi connectivity index (χ2v) is 10.1. The fourth-order valence-electron chi connectivity index (χ4n) is 4.10. The van der Waals surface area contributed by atoms with Gasteiger partial charge in [-0.1, -0.05) is 44.7 Å². The predicted molar refractivity (Wildman–Crippen MR) is 122 cm³/mol. The Bertz CT molecular complexity index is 984. The maximum Gasteiger partial charge on any atom is 0.339 e. The molecular formula is C25H32FNO4S. The van der Waals surface area contributed by atoms with Gasteiger partial charge in [0.25, 0.3) is 0 Å². The molecule has 174 valence electrons. The molecule has 1 aliphatic rings. The van der Waals surface area contributed by atoms with E-state index in [0.29, 0.717) is 18.9 Å². The van der Waals surface area contributed by atoms with Crippen molar-refractivity contribution in [3.63, 3.8) is 0 Å². The minimum atomic E-state index is -4.04. The third-order valence-corrected chi connectivity index (χ3v) is 7.53. The Morgan fingerprint density at radius 3 is 2.31 bits per heavy atom. The predicted octanol–water partition coefficient (Wildman–Crippen LogP) is 5.69. The SMILES string of the molecule is CCC(C)N(Cc1ccc(OS(=O)(=O)c2ccc(F)cc2)cc1)C(=O)CCC1CCCC1. The molecule has 1 amide bonds. The Hall–Kier alpha value is -2.41. The lowest BCUT2D eigenvalue weighted by Crippen LogP contribution is -2.37. The van der Waals surface area contributed by atoms with Crippen molar-refractivity contribution in [1.29, 1.82) is 0 Å². The third kappa shape index (κ3) is 6.55. The minimum Gasteiger partial charge on any atom is -0.379 e. The van der Waals surface area contributed by atoms with Crippen LogP contribution >= 0.6 is 0 Å². The Labute approximate surface area is 190 Å². The van der Waals surface area contributed by atoms with E-state index in [-0.39, 0.29) is 22.6 Å². The molecule has 0 N–H and O–H groups in total. The van der Waals surface area contributed by atoms with Crippen LogP contribution in [0.3, 0.4) is 0 Å². The molecule has 2 aromatic carbocycles. The summed E-state index contributed by atoms with van der Waals surface area (Å²) < 4.78 is 43.0. The van der Waals surface area contributed by atoms with Gasteiger partial charge in [0.15, 0.2) is 0 Å². The summed E-state index contributed by atoms with van der Waals surface area (Å²) in [6, 6.07) is 11.3. The summed E-state index contributed by atoms with van der Waals surface area (Å²) in [6.07, 6.45) is 7.43. The molecule has 0 aliphatic heterocycles. The molecular weight excluding hydrogens is 429 g/mol. The van der Waals surface area contributed by atoms with Gasteiger partial charge in [-0.3, -0.25) is 4.79 Å². The highest BCUT2D eigenvalue weighted by Crippen LogP contribution is 2.29. The van der Waals surface area contributed by atoms with Gasteiger partial charge >= 0.3 is 10.1 Å². The lowest BCUT2D eigenvalue weighted by Gasteiger charge is -2.29. The summed E-state index contributed by atoms with van der Waals surface area (Å²) in [5, 5.41) is 0. The summed E-state index contributed by atoms with van der Waals surface area (Å²) in [6.45, 7) is 4.60. The molecule has 1 aliphatic carbocycles. The van der Waals surface area contributed by atoms with Gasteiger partial charge in [-0.05, 0) is 67.6 Å². The van der Waals surface area contributed by atoms with E-state index in [4.69, 9.17) is 4.18 Å². The van der Waals surface area contributed by atoms with Crippen molar-refractivity contribution in [2.24, 2.45) is 5.92 Å². The van der Waals surface area contributed by atoms with Gasteiger partial charge in [0.05, 0.1) is 0 Å². The highest BCUT2D eigenvalue weighted by atomic mass is 32.2. The van der Waals surface area contributed by atoms with Crippen LogP contribution in [0.25, 0.3) is 0 Å². The highest BCUT2D eigenvalue weighted by Gasteiger charge is 2.22. The molecule has 0 bridgehead atoms. The zero-order valence-corrected chi connectivity index (χ0v) is 19.6. The van der Waals surface area contributed by atoms with Crippen molar-refractivity contribution < 1.29 is 21.8 Å². The molecule has 1 fully saturated rings. The summed E-state index contributed by atoms with van der Waals surface area (Å²) in [7, 11) is -4.04. The average molecular weight is 462 g/mol. The van der Waals surface area contributed by atoms with Crippen LogP contribution < -0.4 is 4.18 Å². The number of hydrogen-bond acceptors (Lipinski definition) is 4. The third-order valence-electron chi connectivity index (χ3n) is 6.27. The Balaban J connectivity index is 1.63. The number of carbonyl (C=O) groups excluding carboxylic acids is 1. The Kier molecular flexibility index (Phi) is 8.29. The largest absolute Gasteiger partial charge is 0.379 e. The maximum absolute atomic E-state index is 13.1. The molecule has 1 saturated carbocycles. The van der Waals surface area contributed by atoms with Crippen molar-refractivity contribution in [3.8, 4) is 5.75 Å². The molecule has 1 atom stereocenters. The van der Waals surface area contributed by atoms with Crippen LogP contribution in [0.1, 0.15) is 64.4 Å². The van der Waals surface area contributed by atoms with E-state index in [1.165, 1.54) is 37.8 Å². The molecule has 2 aromatic rings. The van der Waals surface area contributed by atoms with Crippen LogP contribution in [0.15, 0.2) is 53.4 Å². The van der Waals surface area contributed by atoms with E-state index >= 15 is 0 Å². The molecule has 7 heteroatoms. The lowest BCUT2D eigenvalue weighted by molar-refractivity contribution is -0.134. The second kappa shape index (κ2) is 10.9. The smallest absolute Gasteiger partial charge is 0.339 e. The van der Waals surface area contributed by atoms with Crippen LogP contribution in [0.4, 0.5) is 4.39 Å². The summed E-state index contributed by atoms with van der Waals surface area (Å²) in [5.41, 5.74) is 0.908. The Morgan fingerprint density at radius 1 is 1.09 bits per heavy atom. The van der Waals surface area contributed by atoms with E-state index in [1.807, 2.05) is 4.90 Å². The van der Waals surface area contributed by atoms with Crippen LogP contribution in [-0.2, 0) is 21.5 Å². The average Bonchev–Trinajstić information content (AvgIpc) is 3.30. The molecule has 0 saturated heterocycles. The summed E-state index contributed by atoms with van der Waals surface area (Å²) in [4.78, 5) is 14.7. The highest BCUT2D eigenvalue weighted by molar-refractivity contribution is 7.87. The number of nitrogens with zero attached hydrogens (tertiary/aromatic N) is 1. The standard InChI is InChI=1S/C25H32FNO4S/c1-3-19(2)27(25(28)17-10-20-6-4-5-7-20)18-21-8-13-23(14-9-21)31-32(29,30)24-15-11-22(26)12-16-24/h8-9,11-16,19-20H,3-7,10,17-18H2,1-2H3. The van der Waals surface area contributed by atoms with Crippen LogP contribution in [-0.4, -0.2) is 25.3 Å². The lowest BCUT2D eigenvalue weighted by atomic mass is 10.0. The van der Waals surface area contributed by atoms with Crippen molar-refractivity contribution >= 4 is 16.0 Å². The number of hydrogen-bond donors (Lipinski definition) is 0. The van der Waals surface area contributed by atoms with Gasteiger partial charge in [0.1, 0.15) is 16.5 Å². The zero-order chi connectivity index (χ0) is 23.1. The molecule has 3 rings (SSSR count). The van der Waals surface area contributed by atoms with Crippen LogP contribution in [0.2, 0.25) is 0 Å². The zero-order valence-electron chi connectivity index (χ0n) is 18.8. The molecule has 32 heavy (non-hydrogen) atoms. The number of rotatable bonds is 10. The van der Waals surface area contributed by atoms with E-state index in [1.54, 1.807) is 24.3 Å². The summed E-state index contributed by atoms with van der Waals surface area (Å²) in [5.74, 6) is 0.500. The molecule has 0 spiro atoms. The summed E-state index contributed by atoms with van der Waals surface area (Å²) >= 11 is 0. The topological polar surface area (TPSA) is 63.7 Å². The van der Waals surface area contributed by atoms with Gasteiger partial charge in [0.2, 0.25) is 5.91 Å². The van der Waals surface area contributed by atoms with Crippen molar-refractivity contribution in [2.75, 3.05) is 0 Å². The molecule has 0 aromatic heterocycles. The number of carbonyl (C=O) groups is 1. The van der Waals surface area contributed by atoms with E-state index in [0.717, 1.165) is 30.5 Å². The number of benzene rings is 2. The first kappa shape index (κ1) is 24.2. The monoisotopic (exact) mass is 461 g/mol. The normalized spacial score (nSPS) is 15.5. The second-order valence-electron chi connectivity index (χ2n) is 8.60. The van der Waals surface area contributed by atoms with Crippen LogP contribution in [0, 0.1) is 11.7 Å². The van der Waals surface area contributed by atoms with Crippen molar-refractivity contribution in [2.45, 2.75) is 76.3 Å². The Morgan fingerprint density at radius 2 is 1.72 bits per heavy atom. The molecule has 0 radical (unpaired) electrons. The van der Waals surface area contributed by atoms with Crippen molar-refractivity contribution in [3.05, 3.63) is 59.9 Å². The van der Waals surface area contributed by atoms with Gasteiger partial charge in [-0.2, -0.15) is 8.42 Å². The van der Waals surface area contributed by atoms with Crippen molar-refractivity contribution in [1.82, 2.24) is 4.90 Å². The fourth-order valence-corrected chi connectivity index (χ4v) is 5.03. The first-order chi connectivity index (χ1) is 15.3. The fraction of sp³-hybridized carbons (Fsp3) is 0.480. The molecule has 0 heterocycles. The number of halogens is 1. The van der Waals surface area contributed by atoms with E-state index in [2.05, 4.69) is 13.8 Å². The number of amides is 1. The van der Waals surface area contributed by atoms with Gasteiger partial charge < -0.3 is 9.08 Å². The first-order valence-electron chi connectivity index (χ1n) is 11.4. The van der Waals surface area contributed by atoms with E-state index < -0.39 is 15.9 Å². The first-order valence-corrected chi connectivity index (χ1v) is 12.8. The van der Waals surface area contributed by atoms with Gasteiger partial charge in [-0.25, -0.2) is 4.39 Å². The van der Waals surface area contributed by atoms with Crippen LogP contribution in [0.5, 0.6) is 5.75 Å². The van der Waals surface area contributed by atoms with E-state index in [9.17, 15) is 17.6 Å². The minimum absolute atomic E-state index is 0.112. The van der Waals surface area contributed by atoms with Gasteiger partial charge in [-0.15, -0.1) is 0 Å². The molecule has 5 nitrogen and oxygen atoms in total. The molecule has 1 unspecified atom stereocenters. The quantitative estimate of drug-likeness (QED) is 0.426. The van der Waals surface area contributed by atoms with Gasteiger partial charge in [0, 0.05) is 19.0 Å².